The molecule has 3 heterocycles. The molecule has 0 aliphatic carbocycles. The molecule has 0 fully saturated rings. The van der Waals surface area contributed by atoms with Crippen molar-refractivity contribution in [2.24, 2.45) is 0 Å². The summed E-state index contributed by atoms with van der Waals surface area (Å²) >= 11 is 0. The monoisotopic (exact) mass is 357 g/mol. The Balaban J connectivity index is 1.46. The summed E-state index contributed by atoms with van der Waals surface area (Å²) in [4.78, 5) is 8.60. The highest BCUT2D eigenvalue weighted by Gasteiger charge is 2.11. The van der Waals surface area contributed by atoms with E-state index >= 15 is 0 Å². The Kier molecular flexibility index (Phi) is 4.53. The second kappa shape index (κ2) is 7.29. The first-order valence-electron chi connectivity index (χ1n) is 8.63. The van der Waals surface area contributed by atoms with Crippen LogP contribution in [0, 0.1) is 0 Å². The molecule has 3 aromatic heterocycles. The molecule has 0 saturated heterocycles. The molecule has 0 aliphatic rings. The van der Waals surface area contributed by atoms with Crippen molar-refractivity contribution < 1.29 is 4.52 Å². The van der Waals surface area contributed by atoms with E-state index in [-0.39, 0.29) is 0 Å². The van der Waals surface area contributed by atoms with Gasteiger partial charge in [0, 0.05) is 30.8 Å². The van der Waals surface area contributed by atoms with Crippen LogP contribution in [-0.4, -0.2) is 15.1 Å². The van der Waals surface area contributed by atoms with Crippen LogP contribution in [0.15, 0.2) is 71.4 Å². The molecular formula is C21H19N5O. The molecule has 6 heteroatoms. The molecule has 0 bridgehead atoms. The predicted molar refractivity (Wildman–Crippen MR) is 105 cm³/mol. The van der Waals surface area contributed by atoms with Gasteiger partial charge in [0.05, 0.1) is 11.3 Å². The molecule has 0 radical (unpaired) electrons. The van der Waals surface area contributed by atoms with E-state index in [4.69, 9.17) is 16.0 Å². The summed E-state index contributed by atoms with van der Waals surface area (Å²) in [5.41, 5.74) is 16.4. The Labute approximate surface area is 156 Å². The fraction of sp³-hybridized carbons (Fsp3) is 0.0952. The molecule has 4 rings (SSSR count). The number of nitrogens with two attached hydrogens (primary N) is 2. The minimum Gasteiger partial charge on any atom is -0.384 e. The first-order valence-corrected chi connectivity index (χ1v) is 8.63. The maximum atomic E-state index is 5.91. The zero-order chi connectivity index (χ0) is 18.6. The molecule has 0 unspecified atom stereocenters. The number of benzene rings is 1. The van der Waals surface area contributed by atoms with Gasteiger partial charge in [0.2, 0.25) is 0 Å². The summed E-state index contributed by atoms with van der Waals surface area (Å²) in [6.45, 7) is 0. The standard InChI is InChI=1S/C21H19N5O/c22-20-9-8-18(21(23)25-20)19-12-17(26-27-19)11-15-6-7-16(24-13-15)10-14-4-2-1-3-5-14/h1-9,12-13H,10-11H2,(H4,22,23,25). The van der Waals surface area contributed by atoms with Gasteiger partial charge in [-0.25, -0.2) is 4.98 Å². The molecule has 27 heavy (non-hydrogen) atoms. The molecule has 6 nitrogen and oxygen atoms in total. The number of hydrogen-bond donors (Lipinski definition) is 2. The van der Waals surface area contributed by atoms with Gasteiger partial charge in [0.1, 0.15) is 11.6 Å². The Morgan fingerprint density at radius 3 is 2.37 bits per heavy atom. The SMILES string of the molecule is Nc1ccc(-c2cc(Cc3ccc(Cc4ccccc4)nc3)no2)c(N)n1. The lowest BCUT2D eigenvalue weighted by molar-refractivity contribution is 0.425. The number of anilines is 2. The van der Waals surface area contributed by atoms with Gasteiger partial charge in [-0.05, 0) is 29.3 Å². The van der Waals surface area contributed by atoms with E-state index in [1.165, 1.54) is 5.56 Å². The van der Waals surface area contributed by atoms with Crippen LogP contribution in [0.2, 0.25) is 0 Å². The average Bonchev–Trinajstić information content (AvgIpc) is 3.12. The van der Waals surface area contributed by atoms with E-state index in [1.54, 1.807) is 12.1 Å². The summed E-state index contributed by atoms with van der Waals surface area (Å²) in [6, 6.07) is 19.7. The van der Waals surface area contributed by atoms with Gasteiger partial charge in [0.15, 0.2) is 5.76 Å². The van der Waals surface area contributed by atoms with Crippen molar-refractivity contribution in [3.63, 3.8) is 0 Å². The predicted octanol–water partition coefficient (Wildman–Crippen LogP) is 3.48. The van der Waals surface area contributed by atoms with Crippen molar-refractivity contribution in [1.82, 2.24) is 15.1 Å². The number of nitrogens with zero attached hydrogens (tertiary/aromatic N) is 3. The summed E-state index contributed by atoms with van der Waals surface area (Å²) < 4.78 is 5.42. The van der Waals surface area contributed by atoms with Crippen molar-refractivity contribution in [3.05, 3.63) is 89.4 Å². The molecule has 0 atom stereocenters. The maximum Gasteiger partial charge on any atom is 0.170 e. The second-order valence-electron chi connectivity index (χ2n) is 6.35. The zero-order valence-electron chi connectivity index (χ0n) is 14.7. The van der Waals surface area contributed by atoms with Crippen LogP contribution in [0.4, 0.5) is 11.6 Å². The van der Waals surface area contributed by atoms with Crippen molar-refractivity contribution in [2.45, 2.75) is 12.8 Å². The zero-order valence-corrected chi connectivity index (χ0v) is 14.7. The highest BCUT2D eigenvalue weighted by atomic mass is 16.5. The van der Waals surface area contributed by atoms with Gasteiger partial charge in [0.25, 0.3) is 0 Å². The van der Waals surface area contributed by atoms with Crippen LogP contribution < -0.4 is 11.5 Å². The molecule has 4 N–H and O–H groups in total. The van der Waals surface area contributed by atoms with Gasteiger partial charge in [-0.3, -0.25) is 4.98 Å². The van der Waals surface area contributed by atoms with E-state index in [1.807, 2.05) is 36.5 Å². The number of rotatable bonds is 5. The highest BCUT2D eigenvalue weighted by Crippen LogP contribution is 2.26. The minimum absolute atomic E-state index is 0.324. The quantitative estimate of drug-likeness (QED) is 0.567. The topological polar surface area (TPSA) is 104 Å². The number of hydrogen-bond acceptors (Lipinski definition) is 6. The Morgan fingerprint density at radius 1 is 0.815 bits per heavy atom. The third-order valence-electron chi connectivity index (χ3n) is 4.27. The van der Waals surface area contributed by atoms with E-state index in [0.29, 0.717) is 29.4 Å². The lowest BCUT2D eigenvalue weighted by Gasteiger charge is -2.03. The molecule has 4 aromatic rings. The summed E-state index contributed by atoms with van der Waals surface area (Å²) in [6.07, 6.45) is 3.33. The molecule has 1 aromatic carbocycles. The lowest BCUT2D eigenvalue weighted by Crippen LogP contribution is -1.97. The summed E-state index contributed by atoms with van der Waals surface area (Å²) in [7, 11) is 0. The van der Waals surface area contributed by atoms with Gasteiger partial charge < -0.3 is 16.0 Å². The van der Waals surface area contributed by atoms with Crippen molar-refractivity contribution in [3.8, 4) is 11.3 Å². The Morgan fingerprint density at radius 2 is 1.63 bits per heavy atom. The largest absolute Gasteiger partial charge is 0.384 e. The van der Waals surface area contributed by atoms with Crippen LogP contribution >= 0.6 is 0 Å². The average molecular weight is 357 g/mol. The normalized spacial score (nSPS) is 10.8. The fourth-order valence-electron chi connectivity index (χ4n) is 2.90. The van der Waals surface area contributed by atoms with Gasteiger partial charge in [-0.1, -0.05) is 41.6 Å². The summed E-state index contributed by atoms with van der Waals surface area (Å²) in [5, 5.41) is 4.12. The Bertz CT molecular complexity index is 1040. The van der Waals surface area contributed by atoms with Crippen LogP contribution in [0.3, 0.4) is 0 Å². The van der Waals surface area contributed by atoms with Crippen LogP contribution in [-0.2, 0) is 12.8 Å². The van der Waals surface area contributed by atoms with Crippen LogP contribution in [0.5, 0.6) is 0 Å². The summed E-state index contributed by atoms with van der Waals surface area (Å²) in [5.74, 6) is 1.27. The fourth-order valence-corrected chi connectivity index (χ4v) is 2.90. The number of pyridine rings is 2. The number of nitrogen functional groups attached to an aromatic ring is 2. The van der Waals surface area contributed by atoms with Crippen molar-refractivity contribution in [1.29, 1.82) is 0 Å². The lowest BCUT2D eigenvalue weighted by atomic mass is 10.1. The molecule has 0 aliphatic heterocycles. The van der Waals surface area contributed by atoms with Crippen molar-refractivity contribution in [2.75, 3.05) is 11.5 Å². The smallest absolute Gasteiger partial charge is 0.170 e. The first kappa shape index (κ1) is 16.8. The second-order valence-corrected chi connectivity index (χ2v) is 6.35. The van der Waals surface area contributed by atoms with Crippen molar-refractivity contribution >= 4 is 11.6 Å². The number of aromatic nitrogens is 3. The third-order valence-corrected chi connectivity index (χ3v) is 4.27. The maximum absolute atomic E-state index is 5.91. The minimum atomic E-state index is 0.324. The van der Waals surface area contributed by atoms with Gasteiger partial charge in [-0.2, -0.15) is 0 Å². The molecule has 0 saturated carbocycles. The first-order chi connectivity index (χ1) is 13.2. The van der Waals surface area contributed by atoms with Crippen LogP contribution in [0.1, 0.15) is 22.5 Å². The molecular weight excluding hydrogens is 338 g/mol. The van der Waals surface area contributed by atoms with E-state index in [2.05, 4.69) is 33.3 Å². The molecule has 0 amide bonds. The Hall–Kier alpha value is -3.67. The highest BCUT2D eigenvalue weighted by molar-refractivity contribution is 5.71. The van der Waals surface area contributed by atoms with E-state index in [9.17, 15) is 0 Å². The van der Waals surface area contributed by atoms with E-state index < -0.39 is 0 Å². The van der Waals surface area contributed by atoms with E-state index in [0.717, 1.165) is 23.4 Å². The third kappa shape index (κ3) is 3.95. The van der Waals surface area contributed by atoms with Gasteiger partial charge >= 0.3 is 0 Å². The van der Waals surface area contributed by atoms with Gasteiger partial charge in [-0.15, -0.1) is 0 Å². The molecule has 134 valence electrons. The molecule has 0 spiro atoms. The van der Waals surface area contributed by atoms with Crippen LogP contribution in [0.25, 0.3) is 11.3 Å².